The molecule has 0 fully saturated rings. The first-order valence-corrected chi connectivity index (χ1v) is 11.7. The van der Waals surface area contributed by atoms with Crippen molar-refractivity contribution in [2.45, 2.75) is 30.3 Å². The Balaban J connectivity index is 1.31. The Bertz CT molecular complexity index is 1240. The third-order valence-corrected chi connectivity index (χ3v) is 6.74. The number of fused-ring (bicyclic) bond motifs is 1. The molecule has 11 heteroatoms. The predicted octanol–water partition coefficient (Wildman–Crippen LogP) is 3.48. The van der Waals surface area contributed by atoms with Gasteiger partial charge in [0.15, 0.2) is 16.7 Å². The molecule has 1 aliphatic heterocycles. The summed E-state index contributed by atoms with van der Waals surface area (Å²) < 4.78 is 18.3. The number of primary amides is 1. The van der Waals surface area contributed by atoms with Crippen LogP contribution in [-0.4, -0.2) is 32.4 Å². The first-order valence-electron chi connectivity index (χ1n) is 9.85. The Kier molecular flexibility index (Phi) is 5.82. The van der Waals surface area contributed by atoms with E-state index in [1.807, 2.05) is 40.3 Å². The SMILES string of the molecule is NC(=O)CCc1nnc(SCc2csc(-c3ccc4c(c3)OCO4)n2)n1Cc1ccco1. The first-order chi connectivity index (χ1) is 15.7. The van der Waals surface area contributed by atoms with Gasteiger partial charge < -0.3 is 19.6 Å². The van der Waals surface area contributed by atoms with Crippen molar-refractivity contribution in [1.29, 1.82) is 0 Å². The molecule has 0 unspecified atom stereocenters. The standard InChI is InChI=1S/C21H19N5O4S2/c22-18(27)5-6-19-24-25-21(26(19)9-15-2-1-7-28-15)32-11-14-10-31-20(23-14)13-3-4-16-17(8-13)30-12-29-16/h1-4,7-8,10H,5-6,9,11-12H2,(H2,22,27). The molecule has 32 heavy (non-hydrogen) atoms. The summed E-state index contributed by atoms with van der Waals surface area (Å²) in [7, 11) is 0. The lowest BCUT2D eigenvalue weighted by atomic mass is 10.2. The van der Waals surface area contributed by atoms with Crippen molar-refractivity contribution in [2.24, 2.45) is 5.73 Å². The zero-order chi connectivity index (χ0) is 21.9. The molecule has 4 aromatic rings. The third-order valence-electron chi connectivity index (χ3n) is 4.80. The second-order valence-corrected chi connectivity index (χ2v) is 8.83. The molecule has 0 radical (unpaired) electrons. The van der Waals surface area contributed by atoms with Crippen LogP contribution in [0.1, 0.15) is 23.7 Å². The van der Waals surface area contributed by atoms with Gasteiger partial charge in [-0.1, -0.05) is 11.8 Å². The zero-order valence-electron chi connectivity index (χ0n) is 16.9. The van der Waals surface area contributed by atoms with Crippen molar-refractivity contribution in [3.63, 3.8) is 0 Å². The summed E-state index contributed by atoms with van der Waals surface area (Å²) in [5.41, 5.74) is 7.24. The van der Waals surface area contributed by atoms with Crippen LogP contribution in [0.15, 0.2) is 51.5 Å². The van der Waals surface area contributed by atoms with Crippen LogP contribution in [0.4, 0.5) is 0 Å². The number of benzene rings is 1. The van der Waals surface area contributed by atoms with Gasteiger partial charge in [-0.25, -0.2) is 4.98 Å². The molecular formula is C21H19N5O4S2. The maximum atomic E-state index is 11.2. The van der Waals surface area contributed by atoms with Crippen LogP contribution in [-0.2, 0) is 23.5 Å². The highest BCUT2D eigenvalue weighted by Crippen LogP contribution is 2.37. The summed E-state index contributed by atoms with van der Waals surface area (Å²) in [4.78, 5) is 16.0. The molecule has 3 aromatic heterocycles. The summed E-state index contributed by atoms with van der Waals surface area (Å²) in [5, 5.41) is 12.3. The maximum absolute atomic E-state index is 11.2. The van der Waals surface area contributed by atoms with Crippen molar-refractivity contribution in [1.82, 2.24) is 19.7 Å². The van der Waals surface area contributed by atoms with Gasteiger partial charge in [-0.2, -0.15) is 0 Å². The minimum absolute atomic E-state index is 0.214. The lowest BCUT2D eigenvalue weighted by Gasteiger charge is -2.08. The summed E-state index contributed by atoms with van der Waals surface area (Å²) in [6.07, 6.45) is 2.27. The van der Waals surface area contributed by atoms with E-state index in [1.165, 1.54) is 11.8 Å². The number of aromatic nitrogens is 4. The summed E-state index contributed by atoms with van der Waals surface area (Å²) in [5.74, 6) is 3.23. The average Bonchev–Trinajstić information content (AvgIpc) is 3.58. The van der Waals surface area contributed by atoms with Crippen molar-refractivity contribution in [2.75, 3.05) is 6.79 Å². The number of carbonyl (C=O) groups excluding carboxylic acids is 1. The second kappa shape index (κ2) is 9.05. The van der Waals surface area contributed by atoms with E-state index >= 15 is 0 Å². The summed E-state index contributed by atoms with van der Waals surface area (Å²) >= 11 is 3.11. The van der Waals surface area contributed by atoms with Gasteiger partial charge in [0.25, 0.3) is 0 Å². The molecule has 5 rings (SSSR count). The number of aryl methyl sites for hydroxylation is 1. The fraction of sp³-hybridized carbons (Fsp3) is 0.238. The van der Waals surface area contributed by atoms with Crippen LogP contribution in [0, 0.1) is 0 Å². The Hall–Kier alpha value is -3.31. The first kappa shape index (κ1) is 20.6. The van der Waals surface area contributed by atoms with Crippen LogP contribution >= 0.6 is 23.1 Å². The highest BCUT2D eigenvalue weighted by Gasteiger charge is 2.17. The number of nitrogens with zero attached hydrogens (tertiary/aromatic N) is 4. The number of thiazole rings is 1. The van der Waals surface area contributed by atoms with Gasteiger partial charge in [0, 0.05) is 29.5 Å². The molecule has 1 aliphatic rings. The molecule has 0 saturated carbocycles. The topological polar surface area (TPSA) is 118 Å². The normalized spacial score (nSPS) is 12.4. The van der Waals surface area contributed by atoms with E-state index < -0.39 is 0 Å². The Morgan fingerprint density at radius 2 is 2.12 bits per heavy atom. The van der Waals surface area contributed by atoms with Crippen LogP contribution in [0.25, 0.3) is 10.6 Å². The van der Waals surface area contributed by atoms with Crippen LogP contribution in [0.2, 0.25) is 0 Å². The zero-order valence-corrected chi connectivity index (χ0v) is 18.5. The quantitative estimate of drug-likeness (QED) is 0.370. The molecule has 4 heterocycles. The minimum atomic E-state index is -0.370. The Morgan fingerprint density at radius 3 is 2.97 bits per heavy atom. The Morgan fingerprint density at radius 1 is 1.22 bits per heavy atom. The minimum Gasteiger partial charge on any atom is -0.467 e. The average molecular weight is 470 g/mol. The molecule has 0 spiro atoms. The van der Waals surface area contributed by atoms with E-state index in [4.69, 9.17) is 24.6 Å². The third kappa shape index (κ3) is 4.48. The number of furan rings is 1. The predicted molar refractivity (Wildman–Crippen MR) is 119 cm³/mol. The number of carbonyl (C=O) groups is 1. The number of hydrogen-bond donors (Lipinski definition) is 1. The van der Waals surface area contributed by atoms with E-state index in [9.17, 15) is 4.79 Å². The van der Waals surface area contributed by atoms with Gasteiger partial charge >= 0.3 is 0 Å². The van der Waals surface area contributed by atoms with Crippen molar-refractivity contribution in [3.05, 3.63) is 59.3 Å². The number of hydrogen-bond acceptors (Lipinski definition) is 9. The molecule has 0 bridgehead atoms. The molecule has 9 nitrogen and oxygen atoms in total. The van der Waals surface area contributed by atoms with E-state index in [-0.39, 0.29) is 19.1 Å². The second-order valence-electron chi connectivity index (χ2n) is 7.03. The lowest BCUT2D eigenvalue weighted by molar-refractivity contribution is -0.118. The van der Waals surface area contributed by atoms with E-state index in [0.717, 1.165) is 38.7 Å². The molecule has 0 atom stereocenters. The van der Waals surface area contributed by atoms with E-state index in [0.29, 0.717) is 24.5 Å². The summed E-state index contributed by atoms with van der Waals surface area (Å²) in [6.45, 7) is 0.731. The lowest BCUT2D eigenvalue weighted by Crippen LogP contribution is -2.14. The molecule has 2 N–H and O–H groups in total. The monoisotopic (exact) mass is 469 g/mol. The van der Waals surface area contributed by atoms with Gasteiger partial charge in [0.2, 0.25) is 12.7 Å². The highest BCUT2D eigenvalue weighted by molar-refractivity contribution is 7.98. The fourth-order valence-electron chi connectivity index (χ4n) is 3.24. The van der Waals surface area contributed by atoms with Gasteiger partial charge in [-0.15, -0.1) is 21.5 Å². The van der Waals surface area contributed by atoms with E-state index in [2.05, 4.69) is 10.2 Å². The fourth-order valence-corrected chi connectivity index (χ4v) is 5.01. The number of nitrogens with two attached hydrogens (primary N) is 1. The van der Waals surface area contributed by atoms with Crippen molar-refractivity contribution >= 4 is 29.0 Å². The van der Waals surface area contributed by atoms with Gasteiger partial charge in [-0.05, 0) is 30.3 Å². The van der Waals surface area contributed by atoms with Crippen molar-refractivity contribution < 1.29 is 18.7 Å². The van der Waals surface area contributed by atoms with Gasteiger partial charge in [0.05, 0.1) is 18.5 Å². The number of ether oxygens (including phenoxy) is 2. The van der Waals surface area contributed by atoms with Gasteiger partial charge in [0.1, 0.15) is 16.6 Å². The van der Waals surface area contributed by atoms with Gasteiger partial charge in [-0.3, -0.25) is 9.36 Å². The number of amides is 1. The molecular weight excluding hydrogens is 450 g/mol. The molecule has 1 amide bonds. The number of thioether (sulfide) groups is 1. The van der Waals surface area contributed by atoms with Crippen LogP contribution < -0.4 is 15.2 Å². The largest absolute Gasteiger partial charge is 0.467 e. The Labute approximate surface area is 191 Å². The molecule has 1 aromatic carbocycles. The number of rotatable bonds is 9. The molecule has 164 valence electrons. The highest BCUT2D eigenvalue weighted by atomic mass is 32.2. The molecule has 0 aliphatic carbocycles. The van der Waals surface area contributed by atoms with Crippen molar-refractivity contribution in [3.8, 4) is 22.1 Å². The van der Waals surface area contributed by atoms with Crippen LogP contribution in [0.5, 0.6) is 11.5 Å². The maximum Gasteiger partial charge on any atom is 0.231 e. The molecule has 0 saturated heterocycles. The summed E-state index contributed by atoms with van der Waals surface area (Å²) in [6, 6.07) is 9.56. The van der Waals surface area contributed by atoms with Crippen LogP contribution in [0.3, 0.4) is 0 Å². The van der Waals surface area contributed by atoms with E-state index in [1.54, 1.807) is 17.6 Å². The smallest absolute Gasteiger partial charge is 0.231 e.